The third-order valence-corrected chi connectivity index (χ3v) is 2.64. The van der Waals surface area contributed by atoms with Gasteiger partial charge in [0.25, 0.3) is 0 Å². The Hall–Kier alpha value is -1.69. The molecule has 0 aliphatic heterocycles. The summed E-state index contributed by atoms with van der Waals surface area (Å²) in [6.07, 6.45) is 0. The zero-order valence-electron chi connectivity index (χ0n) is 10.3. The van der Waals surface area contributed by atoms with Crippen molar-refractivity contribution in [2.24, 2.45) is 11.1 Å². The van der Waals surface area contributed by atoms with Gasteiger partial charge in [-0.2, -0.15) is 0 Å². The molecule has 6 heteroatoms. The standard InChI is InChI=1S/C12H16F2N2O2/c1-12(2,11(15)18)6-16-5-7-3-8(13)10(17)9(14)4-7/h3-4,16-17H,5-6H2,1-2H3,(H2,15,18). The van der Waals surface area contributed by atoms with E-state index in [-0.39, 0.29) is 13.1 Å². The van der Waals surface area contributed by atoms with Crippen LogP contribution in [0.3, 0.4) is 0 Å². The Kier molecular flexibility index (Phi) is 4.24. The van der Waals surface area contributed by atoms with Crippen molar-refractivity contribution < 1.29 is 18.7 Å². The van der Waals surface area contributed by atoms with Crippen LogP contribution in [0.1, 0.15) is 19.4 Å². The first kappa shape index (κ1) is 14.4. The first-order valence-corrected chi connectivity index (χ1v) is 5.41. The van der Waals surface area contributed by atoms with E-state index in [9.17, 15) is 13.6 Å². The van der Waals surface area contributed by atoms with Gasteiger partial charge in [0.2, 0.25) is 5.91 Å². The number of phenolic OH excluding ortho intramolecular Hbond substituents is 1. The minimum Gasteiger partial charge on any atom is -0.503 e. The molecule has 0 atom stereocenters. The van der Waals surface area contributed by atoms with Crippen LogP contribution in [-0.4, -0.2) is 17.6 Å². The number of amides is 1. The molecule has 1 amide bonds. The van der Waals surface area contributed by atoms with Gasteiger partial charge in [0.15, 0.2) is 17.4 Å². The maximum absolute atomic E-state index is 13.0. The molecule has 4 N–H and O–H groups in total. The third-order valence-electron chi connectivity index (χ3n) is 2.64. The highest BCUT2D eigenvalue weighted by molar-refractivity contribution is 5.80. The molecule has 100 valence electrons. The van der Waals surface area contributed by atoms with Gasteiger partial charge in [0, 0.05) is 13.1 Å². The van der Waals surface area contributed by atoms with Gasteiger partial charge in [-0.1, -0.05) is 0 Å². The van der Waals surface area contributed by atoms with E-state index in [0.717, 1.165) is 12.1 Å². The highest BCUT2D eigenvalue weighted by atomic mass is 19.1. The minimum atomic E-state index is -1.01. The van der Waals surface area contributed by atoms with Crippen molar-refractivity contribution >= 4 is 5.91 Å². The summed E-state index contributed by atoms with van der Waals surface area (Å²) in [4.78, 5) is 11.0. The first-order chi connectivity index (χ1) is 8.24. The second-order valence-electron chi connectivity index (χ2n) is 4.76. The van der Waals surface area contributed by atoms with Gasteiger partial charge in [-0.3, -0.25) is 4.79 Å². The summed E-state index contributed by atoms with van der Waals surface area (Å²) in [5.41, 5.74) is 4.78. The third kappa shape index (κ3) is 3.40. The number of carbonyl (C=O) groups is 1. The van der Waals surface area contributed by atoms with E-state index >= 15 is 0 Å². The number of primary amides is 1. The van der Waals surface area contributed by atoms with E-state index in [1.54, 1.807) is 13.8 Å². The quantitative estimate of drug-likeness (QED) is 0.744. The molecule has 18 heavy (non-hydrogen) atoms. The number of halogens is 2. The van der Waals surface area contributed by atoms with Gasteiger partial charge in [0.05, 0.1) is 5.41 Å². The second kappa shape index (κ2) is 5.30. The van der Waals surface area contributed by atoms with E-state index in [1.165, 1.54) is 0 Å². The average Bonchev–Trinajstić information content (AvgIpc) is 2.25. The molecular formula is C12H16F2N2O2. The van der Waals surface area contributed by atoms with Crippen molar-refractivity contribution in [2.45, 2.75) is 20.4 Å². The van der Waals surface area contributed by atoms with E-state index in [2.05, 4.69) is 5.32 Å². The number of nitrogens with one attached hydrogen (secondary N) is 1. The van der Waals surface area contributed by atoms with Crippen LogP contribution >= 0.6 is 0 Å². The molecule has 0 aliphatic rings. The Morgan fingerprint density at radius 3 is 2.33 bits per heavy atom. The molecule has 1 rings (SSSR count). The van der Waals surface area contributed by atoms with Gasteiger partial charge in [-0.15, -0.1) is 0 Å². The maximum atomic E-state index is 13.0. The largest absolute Gasteiger partial charge is 0.503 e. The monoisotopic (exact) mass is 258 g/mol. The SMILES string of the molecule is CC(C)(CNCc1cc(F)c(O)c(F)c1)C(N)=O. The van der Waals surface area contributed by atoms with Crippen LogP contribution in [0, 0.1) is 17.0 Å². The zero-order chi connectivity index (χ0) is 13.9. The maximum Gasteiger partial charge on any atom is 0.224 e. The van der Waals surface area contributed by atoms with Crippen molar-refractivity contribution in [3.8, 4) is 5.75 Å². The summed E-state index contributed by atoms with van der Waals surface area (Å²) in [7, 11) is 0. The Bertz CT molecular complexity index is 438. The van der Waals surface area contributed by atoms with Crippen LogP contribution in [0.5, 0.6) is 5.75 Å². The molecular weight excluding hydrogens is 242 g/mol. The predicted octanol–water partition coefficient (Wildman–Crippen LogP) is 1.27. The van der Waals surface area contributed by atoms with Crippen LogP contribution in [0.2, 0.25) is 0 Å². The lowest BCUT2D eigenvalue weighted by molar-refractivity contribution is -0.125. The first-order valence-electron chi connectivity index (χ1n) is 5.41. The molecule has 0 saturated carbocycles. The van der Waals surface area contributed by atoms with Gasteiger partial charge < -0.3 is 16.2 Å². The topological polar surface area (TPSA) is 75.3 Å². The Labute approximate surface area is 104 Å². The lowest BCUT2D eigenvalue weighted by atomic mass is 9.93. The van der Waals surface area contributed by atoms with E-state index in [1.807, 2.05) is 0 Å². The molecule has 0 saturated heterocycles. The number of hydrogen-bond donors (Lipinski definition) is 3. The van der Waals surface area contributed by atoms with Crippen molar-refractivity contribution in [1.29, 1.82) is 0 Å². The molecule has 0 aliphatic carbocycles. The molecule has 0 heterocycles. The van der Waals surface area contributed by atoms with Crippen LogP contribution in [0.4, 0.5) is 8.78 Å². The smallest absolute Gasteiger partial charge is 0.224 e. The Morgan fingerprint density at radius 1 is 1.39 bits per heavy atom. The van der Waals surface area contributed by atoms with Gasteiger partial charge in [-0.05, 0) is 31.5 Å². The van der Waals surface area contributed by atoms with Crippen molar-refractivity contribution in [3.05, 3.63) is 29.3 Å². The van der Waals surface area contributed by atoms with E-state index in [0.29, 0.717) is 5.56 Å². The summed E-state index contributed by atoms with van der Waals surface area (Å²) >= 11 is 0. The summed E-state index contributed by atoms with van der Waals surface area (Å²) in [6, 6.07) is 2.06. The lowest BCUT2D eigenvalue weighted by Gasteiger charge is -2.20. The van der Waals surface area contributed by atoms with Crippen LogP contribution in [0.15, 0.2) is 12.1 Å². The summed E-state index contributed by atoms with van der Waals surface area (Å²) in [5, 5.41) is 11.8. The van der Waals surface area contributed by atoms with Crippen molar-refractivity contribution in [2.75, 3.05) is 6.54 Å². The second-order valence-corrected chi connectivity index (χ2v) is 4.76. The number of aromatic hydroxyl groups is 1. The predicted molar refractivity (Wildman–Crippen MR) is 62.7 cm³/mol. The summed E-state index contributed by atoms with van der Waals surface area (Å²) in [5.74, 6) is -3.48. The van der Waals surface area contributed by atoms with Gasteiger partial charge >= 0.3 is 0 Å². The summed E-state index contributed by atoms with van der Waals surface area (Å²) in [6.45, 7) is 3.79. The van der Waals surface area contributed by atoms with Crippen LogP contribution in [-0.2, 0) is 11.3 Å². The molecule has 0 bridgehead atoms. The molecule has 0 unspecified atom stereocenters. The molecule has 1 aromatic carbocycles. The van der Waals surface area contributed by atoms with Crippen LogP contribution < -0.4 is 11.1 Å². The number of nitrogens with two attached hydrogens (primary N) is 1. The van der Waals surface area contributed by atoms with Crippen molar-refractivity contribution in [1.82, 2.24) is 5.32 Å². The molecule has 0 fully saturated rings. The Balaban J connectivity index is 2.63. The van der Waals surface area contributed by atoms with Gasteiger partial charge in [-0.25, -0.2) is 8.78 Å². The molecule has 0 spiro atoms. The molecule has 1 aromatic rings. The lowest BCUT2D eigenvalue weighted by Crippen LogP contribution is -2.40. The minimum absolute atomic E-state index is 0.171. The number of phenols is 1. The average molecular weight is 258 g/mol. The highest BCUT2D eigenvalue weighted by Gasteiger charge is 2.24. The van der Waals surface area contributed by atoms with E-state index < -0.39 is 28.7 Å². The normalized spacial score (nSPS) is 11.6. The van der Waals surface area contributed by atoms with E-state index in [4.69, 9.17) is 10.8 Å². The number of hydrogen-bond acceptors (Lipinski definition) is 3. The van der Waals surface area contributed by atoms with Gasteiger partial charge in [0.1, 0.15) is 0 Å². The molecule has 4 nitrogen and oxygen atoms in total. The molecule has 0 radical (unpaired) electrons. The highest BCUT2D eigenvalue weighted by Crippen LogP contribution is 2.21. The molecule has 0 aromatic heterocycles. The fourth-order valence-electron chi connectivity index (χ4n) is 1.33. The zero-order valence-corrected chi connectivity index (χ0v) is 10.3. The number of benzene rings is 1. The fraction of sp³-hybridized carbons (Fsp3) is 0.417. The number of carbonyl (C=O) groups excluding carboxylic acids is 1. The van der Waals surface area contributed by atoms with Crippen molar-refractivity contribution in [3.63, 3.8) is 0 Å². The number of rotatable bonds is 5. The fourth-order valence-corrected chi connectivity index (χ4v) is 1.33. The summed E-state index contributed by atoms with van der Waals surface area (Å²) < 4.78 is 26.1. The van der Waals surface area contributed by atoms with Crippen LogP contribution in [0.25, 0.3) is 0 Å². The Morgan fingerprint density at radius 2 is 1.89 bits per heavy atom.